The first kappa shape index (κ1) is 29.5. The highest BCUT2D eigenvalue weighted by Crippen LogP contribution is 2.44. The lowest BCUT2D eigenvalue weighted by Crippen LogP contribution is -2.42. The first-order valence-corrected chi connectivity index (χ1v) is 14.3. The maximum atomic E-state index is 13.2. The van der Waals surface area contributed by atoms with Gasteiger partial charge in [0.2, 0.25) is 0 Å². The number of nitrogens with zero attached hydrogens (tertiary/aromatic N) is 1. The van der Waals surface area contributed by atoms with E-state index in [1.54, 1.807) is 31.3 Å². The van der Waals surface area contributed by atoms with Gasteiger partial charge < -0.3 is 14.9 Å². The predicted octanol–water partition coefficient (Wildman–Crippen LogP) is 6.51. The summed E-state index contributed by atoms with van der Waals surface area (Å²) >= 11 is 1.73. The number of epoxide rings is 1. The lowest BCUT2D eigenvalue weighted by atomic mass is 9.72. The van der Waals surface area contributed by atoms with Crippen molar-refractivity contribution in [1.82, 2.24) is 4.98 Å². The molecule has 204 valence electrons. The van der Waals surface area contributed by atoms with Gasteiger partial charge in [-0.15, -0.1) is 17.9 Å². The largest absolute Gasteiger partial charge is 0.481 e. The molecule has 1 aromatic carbocycles. The topological polar surface area (TPSA) is 100 Å². The third-order valence-corrected chi connectivity index (χ3v) is 8.96. The molecule has 0 amide bonds. The highest BCUT2D eigenvalue weighted by atomic mass is 32.1. The number of ether oxygens (including phenoxy) is 1. The Bertz CT molecular complexity index is 1110. The SMILES string of the molecule is C=CC[C@H](C[C@@H](C)CCCC1(C)OC1CCc1ccc2sc(C)nc2c1)C(=O)C(C)(C)[C@@H](O)CC(=O)O. The number of aliphatic carboxylic acids is 1. The van der Waals surface area contributed by atoms with Crippen molar-refractivity contribution < 1.29 is 24.5 Å². The molecular formula is C30H43NO5S. The second-order valence-electron chi connectivity index (χ2n) is 11.6. The average Bonchev–Trinajstić information content (AvgIpc) is 3.30. The van der Waals surface area contributed by atoms with Crippen molar-refractivity contribution in [2.45, 2.75) is 104 Å². The summed E-state index contributed by atoms with van der Waals surface area (Å²) in [6.45, 7) is 13.5. The minimum absolute atomic E-state index is 0.0691. The van der Waals surface area contributed by atoms with Gasteiger partial charge in [0.15, 0.2) is 0 Å². The van der Waals surface area contributed by atoms with Crippen LogP contribution in [0.3, 0.4) is 0 Å². The van der Waals surface area contributed by atoms with E-state index in [1.807, 2.05) is 6.92 Å². The molecule has 2 N–H and O–H groups in total. The first-order valence-electron chi connectivity index (χ1n) is 13.4. The number of carboxylic acids is 1. The Kier molecular flexibility index (Phi) is 9.70. The van der Waals surface area contributed by atoms with Crippen LogP contribution in [0, 0.1) is 24.2 Å². The number of rotatable bonds is 16. The molecule has 1 aromatic heterocycles. The summed E-state index contributed by atoms with van der Waals surface area (Å²) in [4.78, 5) is 28.9. The molecule has 0 bridgehead atoms. The first-order chi connectivity index (χ1) is 17.4. The highest BCUT2D eigenvalue weighted by Gasteiger charge is 2.50. The maximum Gasteiger partial charge on any atom is 0.306 e. The number of carbonyl (C=O) groups excluding carboxylic acids is 1. The molecule has 0 radical (unpaired) electrons. The lowest BCUT2D eigenvalue weighted by molar-refractivity contribution is -0.145. The second kappa shape index (κ2) is 12.2. The minimum atomic E-state index is -1.21. The van der Waals surface area contributed by atoms with Crippen LogP contribution in [0.4, 0.5) is 0 Å². The lowest BCUT2D eigenvalue weighted by Gasteiger charge is -2.32. The molecule has 3 rings (SSSR count). The van der Waals surface area contributed by atoms with Crippen LogP contribution >= 0.6 is 11.3 Å². The van der Waals surface area contributed by atoms with Crippen LogP contribution in [-0.4, -0.2) is 44.8 Å². The van der Waals surface area contributed by atoms with Crippen LogP contribution in [0.25, 0.3) is 10.2 Å². The summed E-state index contributed by atoms with van der Waals surface area (Å²) in [7, 11) is 0. The van der Waals surface area contributed by atoms with Gasteiger partial charge in [-0.2, -0.15) is 0 Å². The van der Waals surface area contributed by atoms with Crippen LogP contribution in [0.5, 0.6) is 0 Å². The van der Waals surface area contributed by atoms with Gasteiger partial charge in [0.1, 0.15) is 5.78 Å². The Morgan fingerprint density at radius 2 is 2.08 bits per heavy atom. The molecular weight excluding hydrogens is 486 g/mol. The molecule has 7 heteroatoms. The van der Waals surface area contributed by atoms with Crippen LogP contribution in [0.2, 0.25) is 0 Å². The molecule has 0 saturated carbocycles. The molecule has 6 nitrogen and oxygen atoms in total. The standard InChI is InChI=1S/C30H43NO5S/c1-7-9-22(28(35)29(4,5)25(32)18-27(33)34)16-19(2)10-8-15-30(6)26(36-30)14-12-21-11-13-24-23(17-21)31-20(3)37-24/h7,11,13,17,19,22,25-26,32H,1,8-10,12,14-16,18H2,2-6H3,(H,33,34)/t19-,22+,25-,26?,30?/m0/s1. The van der Waals surface area contributed by atoms with E-state index in [4.69, 9.17) is 9.84 Å². The Morgan fingerprint density at radius 1 is 1.35 bits per heavy atom. The van der Waals surface area contributed by atoms with Crippen molar-refractivity contribution in [1.29, 1.82) is 0 Å². The van der Waals surface area contributed by atoms with Gasteiger partial charge in [-0.05, 0) is 69.6 Å². The minimum Gasteiger partial charge on any atom is -0.481 e. The maximum absolute atomic E-state index is 13.2. The van der Waals surface area contributed by atoms with Crippen molar-refractivity contribution in [3.05, 3.63) is 41.4 Å². The monoisotopic (exact) mass is 529 g/mol. The fourth-order valence-corrected chi connectivity index (χ4v) is 6.25. The molecule has 1 aliphatic rings. The molecule has 2 heterocycles. The van der Waals surface area contributed by atoms with E-state index in [9.17, 15) is 14.7 Å². The van der Waals surface area contributed by atoms with Crippen molar-refractivity contribution in [3.63, 3.8) is 0 Å². The van der Waals surface area contributed by atoms with Crippen molar-refractivity contribution in [2.75, 3.05) is 0 Å². The second-order valence-corrected chi connectivity index (χ2v) is 12.9. The number of aliphatic hydroxyl groups excluding tert-OH is 1. The van der Waals surface area contributed by atoms with Gasteiger partial charge in [0, 0.05) is 5.92 Å². The van der Waals surface area contributed by atoms with Gasteiger partial charge in [-0.1, -0.05) is 45.8 Å². The number of aryl methyl sites for hydroxylation is 2. The Morgan fingerprint density at radius 3 is 2.76 bits per heavy atom. The molecule has 37 heavy (non-hydrogen) atoms. The van der Waals surface area contributed by atoms with Gasteiger partial charge in [-0.25, -0.2) is 4.98 Å². The third kappa shape index (κ3) is 7.71. The predicted molar refractivity (Wildman–Crippen MR) is 149 cm³/mol. The molecule has 0 aliphatic carbocycles. The number of hydrogen-bond acceptors (Lipinski definition) is 6. The fourth-order valence-electron chi connectivity index (χ4n) is 5.44. The van der Waals surface area contributed by atoms with E-state index in [2.05, 4.69) is 43.6 Å². The molecule has 0 spiro atoms. The summed E-state index contributed by atoms with van der Waals surface area (Å²) in [5.74, 6) is -1.14. The third-order valence-electron chi connectivity index (χ3n) is 8.00. The van der Waals surface area contributed by atoms with Crippen LogP contribution in [-0.2, 0) is 20.7 Å². The number of carboxylic acid groups (broad SMARTS) is 1. The number of thiazole rings is 1. The quantitative estimate of drug-likeness (QED) is 0.190. The van der Waals surface area contributed by atoms with Crippen LogP contribution < -0.4 is 0 Å². The summed E-state index contributed by atoms with van der Waals surface area (Å²) in [6, 6.07) is 6.56. The molecule has 2 unspecified atom stereocenters. The van der Waals surface area contributed by atoms with Crippen molar-refractivity contribution in [2.24, 2.45) is 17.3 Å². The number of aliphatic hydroxyl groups is 1. The van der Waals surface area contributed by atoms with E-state index in [0.717, 1.165) is 42.6 Å². The van der Waals surface area contributed by atoms with Gasteiger partial charge in [0.25, 0.3) is 0 Å². The zero-order valence-corrected chi connectivity index (χ0v) is 23.8. The van der Waals surface area contributed by atoms with E-state index >= 15 is 0 Å². The number of carbonyl (C=O) groups is 2. The Hall–Kier alpha value is -2.09. The Balaban J connectivity index is 1.44. The summed E-state index contributed by atoms with van der Waals surface area (Å²) < 4.78 is 7.34. The summed E-state index contributed by atoms with van der Waals surface area (Å²) in [6.07, 6.45) is 6.61. The van der Waals surface area contributed by atoms with E-state index in [0.29, 0.717) is 18.8 Å². The number of benzene rings is 1. The number of aromatic nitrogens is 1. The van der Waals surface area contributed by atoms with Crippen molar-refractivity contribution >= 4 is 33.3 Å². The number of hydrogen-bond donors (Lipinski definition) is 2. The average molecular weight is 530 g/mol. The van der Waals surface area contributed by atoms with Gasteiger partial charge in [0.05, 0.1) is 44.9 Å². The molecule has 1 fully saturated rings. The summed E-state index contributed by atoms with van der Waals surface area (Å²) in [5, 5.41) is 20.5. The smallest absolute Gasteiger partial charge is 0.306 e. The number of Topliss-reactive ketones (excluding diaryl/α,β-unsaturated/α-hetero) is 1. The Labute approximate surface area is 225 Å². The molecule has 1 saturated heterocycles. The zero-order valence-electron chi connectivity index (χ0n) is 23.0. The normalized spacial score (nSPS) is 21.9. The highest BCUT2D eigenvalue weighted by molar-refractivity contribution is 7.18. The molecule has 1 aliphatic heterocycles. The van der Waals surface area contributed by atoms with Crippen LogP contribution in [0.15, 0.2) is 30.9 Å². The fraction of sp³-hybridized carbons (Fsp3) is 0.633. The molecule has 2 aromatic rings. The molecule has 5 atom stereocenters. The number of allylic oxidation sites excluding steroid dienone is 1. The number of ketones is 1. The summed E-state index contributed by atoms with van der Waals surface area (Å²) in [5.41, 5.74) is 1.21. The number of fused-ring (bicyclic) bond motifs is 1. The zero-order chi connectivity index (χ0) is 27.4. The van der Waals surface area contributed by atoms with Crippen molar-refractivity contribution in [3.8, 4) is 0 Å². The van der Waals surface area contributed by atoms with Crippen LogP contribution in [0.1, 0.15) is 83.2 Å². The van der Waals surface area contributed by atoms with Gasteiger partial charge in [-0.3, -0.25) is 9.59 Å². The van der Waals surface area contributed by atoms with E-state index in [-0.39, 0.29) is 23.4 Å². The van der Waals surface area contributed by atoms with E-state index < -0.39 is 23.9 Å². The van der Waals surface area contributed by atoms with Gasteiger partial charge >= 0.3 is 5.97 Å². The van der Waals surface area contributed by atoms with E-state index in [1.165, 1.54) is 10.3 Å².